The molecular weight excluding hydrogens is 388 g/mol. The number of H-pyrrole nitrogens is 1. The normalized spacial score (nSPS) is 12.2. The molecule has 29 heavy (non-hydrogen) atoms. The van der Waals surface area contributed by atoms with Crippen molar-refractivity contribution in [3.05, 3.63) is 88.7 Å². The van der Waals surface area contributed by atoms with Gasteiger partial charge in [-0.05, 0) is 42.2 Å². The second kappa shape index (κ2) is 8.51. The number of amides is 1. The summed E-state index contributed by atoms with van der Waals surface area (Å²) < 4.78 is 5.46. The number of fused-ring (bicyclic) bond motifs is 1. The van der Waals surface area contributed by atoms with Crippen molar-refractivity contribution in [2.45, 2.75) is 18.9 Å². The van der Waals surface area contributed by atoms with Crippen LogP contribution in [0.25, 0.3) is 10.9 Å². The zero-order valence-corrected chi connectivity index (χ0v) is 16.4. The molecule has 0 radical (unpaired) electrons. The van der Waals surface area contributed by atoms with Gasteiger partial charge in [0, 0.05) is 28.7 Å². The van der Waals surface area contributed by atoms with Crippen molar-refractivity contribution >= 4 is 28.4 Å². The number of nitrogens with one attached hydrogen (secondary N) is 2. The molecule has 0 bridgehead atoms. The Morgan fingerprint density at radius 1 is 1.24 bits per heavy atom. The summed E-state index contributed by atoms with van der Waals surface area (Å²) >= 11 is 5.97. The van der Waals surface area contributed by atoms with Crippen LogP contribution in [0.2, 0.25) is 5.02 Å². The number of para-hydroxylation sites is 1. The molecule has 2 aromatic carbocycles. The first-order valence-electron chi connectivity index (χ1n) is 9.39. The van der Waals surface area contributed by atoms with E-state index in [1.54, 1.807) is 0 Å². The predicted molar refractivity (Wildman–Crippen MR) is 113 cm³/mol. The molecule has 1 atom stereocenters. The number of oxazole rings is 1. The second-order valence-electron chi connectivity index (χ2n) is 6.88. The number of carbonyl (C=O) groups excluding carboxylic acids is 1. The van der Waals surface area contributed by atoms with Gasteiger partial charge in [-0.1, -0.05) is 41.9 Å². The highest BCUT2D eigenvalue weighted by Crippen LogP contribution is 2.23. The van der Waals surface area contributed by atoms with Crippen molar-refractivity contribution in [2.75, 3.05) is 6.54 Å². The largest absolute Gasteiger partial charge is 0.446 e. The van der Waals surface area contributed by atoms with Crippen LogP contribution in [0.4, 0.5) is 0 Å². The number of nitrogens with two attached hydrogens (primary N) is 1. The first-order valence-corrected chi connectivity index (χ1v) is 9.76. The van der Waals surface area contributed by atoms with Crippen molar-refractivity contribution in [3.8, 4) is 0 Å². The van der Waals surface area contributed by atoms with E-state index in [0.29, 0.717) is 30.3 Å². The van der Waals surface area contributed by atoms with Crippen LogP contribution in [0.15, 0.2) is 65.4 Å². The van der Waals surface area contributed by atoms with Crippen LogP contribution in [0.3, 0.4) is 0 Å². The molecule has 0 aliphatic heterocycles. The van der Waals surface area contributed by atoms with E-state index in [2.05, 4.69) is 15.3 Å². The standard InChI is InChI=1S/C22H21ClN4O2/c23-16-5-3-4-14(10-16)8-9-25-21(28)20-13-29-22(27-20)18(24)11-15-12-26-19-7-2-1-6-17(15)19/h1-7,10,12-13,18,26H,8-9,11,24H2,(H,25,28). The van der Waals surface area contributed by atoms with E-state index in [9.17, 15) is 4.79 Å². The summed E-state index contributed by atoms with van der Waals surface area (Å²) in [6.07, 6.45) is 4.52. The van der Waals surface area contributed by atoms with Crippen LogP contribution >= 0.6 is 11.6 Å². The van der Waals surface area contributed by atoms with Gasteiger partial charge in [0.15, 0.2) is 5.69 Å². The molecule has 0 spiro atoms. The third-order valence-electron chi connectivity index (χ3n) is 4.77. The van der Waals surface area contributed by atoms with Crippen LogP contribution in [0, 0.1) is 0 Å². The lowest BCUT2D eigenvalue weighted by Crippen LogP contribution is -2.26. The van der Waals surface area contributed by atoms with Crippen molar-refractivity contribution in [2.24, 2.45) is 5.73 Å². The quantitative estimate of drug-likeness (QED) is 0.430. The van der Waals surface area contributed by atoms with Crippen LogP contribution in [0.5, 0.6) is 0 Å². The van der Waals surface area contributed by atoms with Gasteiger partial charge >= 0.3 is 0 Å². The lowest BCUT2D eigenvalue weighted by atomic mass is 10.1. The molecule has 0 fully saturated rings. The SMILES string of the molecule is NC(Cc1c[nH]c2ccccc12)c1nc(C(=O)NCCc2cccc(Cl)c2)co1. The second-order valence-corrected chi connectivity index (χ2v) is 7.31. The molecule has 2 aromatic heterocycles. The Balaban J connectivity index is 1.35. The lowest BCUT2D eigenvalue weighted by molar-refractivity contribution is 0.0949. The van der Waals surface area contributed by atoms with Crippen molar-refractivity contribution in [1.29, 1.82) is 0 Å². The maximum atomic E-state index is 12.3. The van der Waals surface area contributed by atoms with Crippen LogP contribution in [-0.4, -0.2) is 22.4 Å². The van der Waals surface area contributed by atoms with E-state index in [1.807, 2.05) is 54.7 Å². The van der Waals surface area contributed by atoms with Gasteiger partial charge in [-0.2, -0.15) is 0 Å². The zero-order valence-electron chi connectivity index (χ0n) is 15.7. The molecule has 0 aliphatic rings. The fourth-order valence-corrected chi connectivity index (χ4v) is 3.50. The molecule has 6 nitrogen and oxygen atoms in total. The molecule has 1 amide bonds. The molecular formula is C22H21ClN4O2. The van der Waals surface area contributed by atoms with Gasteiger partial charge < -0.3 is 20.5 Å². The number of carbonyl (C=O) groups is 1. The first-order chi connectivity index (χ1) is 14.1. The molecule has 0 aliphatic carbocycles. The summed E-state index contributed by atoms with van der Waals surface area (Å²) in [5.74, 6) is 0.0524. The van der Waals surface area contributed by atoms with E-state index in [0.717, 1.165) is 22.0 Å². The molecule has 0 saturated heterocycles. The molecule has 1 unspecified atom stereocenters. The summed E-state index contributed by atoms with van der Waals surface area (Å²) in [6.45, 7) is 0.475. The Labute approximate surface area is 173 Å². The number of aromatic nitrogens is 2. The third-order valence-corrected chi connectivity index (χ3v) is 5.01. The van der Waals surface area contributed by atoms with E-state index in [4.69, 9.17) is 21.8 Å². The maximum Gasteiger partial charge on any atom is 0.273 e. The smallest absolute Gasteiger partial charge is 0.273 e. The average Bonchev–Trinajstić information content (AvgIpc) is 3.36. The highest BCUT2D eigenvalue weighted by molar-refractivity contribution is 6.30. The van der Waals surface area contributed by atoms with Gasteiger partial charge in [0.1, 0.15) is 6.26 Å². The minimum absolute atomic E-state index is 0.223. The molecule has 2 heterocycles. The predicted octanol–water partition coefficient (Wildman–Crippen LogP) is 4.02. The van der Waals surface area contributed by atoms with Crippen LogP contribution in [0.1, 0.15) is 33.5 Å². The van der Waals surface area contributed by atoms with E-state index >= 15 is 0 Å². The third kappa shape index (κ3) is 4.50. The summed E-state index contributed by atoms with van der Waals surface area (Å²) in [5, 5.41) is 4.64. The fourth-order valence-electron chi connectivity index (χ4n) is 3.29. The average molecular weight is 409 g/mol. The lowest BCUT2D eigenvalue weighted by Gasteiger charge is -2.06. The number of nitrogens with zero attached hydrogens (tertiary/aromatic N) is 1. The monoisotopic (exact) mass is 408 g/mol. The summed E-state index contributed by atoms with van der Waals surface area (Å²) in [5.41, 5.74) is 9.68. The zero-order chi connectivity index (χ0) is 20.2. The number of hydrogen-bond acceptors (Lipinski definition) is 4. The summed E-state index contributed by atoms with van der Waals surface area (Å²) in [7, 11) is 0. The number of aromatic amines is 1. The van der Waals surface area contributed by atoms with Gasteiger partial charge in [0.2, 0.25) is 5.89 Å². The van der Waals surface area contributed by atoms with E-state index in [-0.39, 0.29) is 11.6 Å². The first kappa shape index (κ1) is 19.2. The van der Waals surface area contributed by atoms with Gasteiger partial charge in [0.25, 0.3) is 5.91 Å². The number of rotatable bonds is 7. The Morgan fingerprint density at radius 3 is 2.97 bits per heavy atom. The topological polar surface area (TPSA) is 96.9 Å². The number of benzene rings is 2. The molecule has 148 valence electrons. The Bertz CT molecular complexity index is 1130. The van der Waals surface area contributed by atoms with Crippen LogP contribution in [-0.2, 0) is 12.8 Å². The van der Waals surface area contributed by atoms with Crippen molar-refractivity contribution < 1.29 is 9.21 Å². The van der Waals surface area contributed by atoms with Gasteiger partial charge in [-0.25, -0.2) is 4.98 Å². The molecule has 4 N–H and O–H groups in total. The number of hydrogen-bond donors (Lipinski definition) is 3. The Kier molecular flexibility index (Phi) is 5.64. The summed E-state index contributed by atoms with van der Waals surface area (Å²) in [6, 6.07) is 15.1. The van der Waals surface area contributed by atoms with E-state index < -0.39 is 6.04 Å². The van der Waals surface area contributed by atoms with Gasteiger partial charge in [-0.15, -0.1) is 0 Å². The van der Waals surface area contributed by atoms with Crippen LogP contribution < -0.4 is 11.1 Å². The molecule has 7 heteroatoms. The van der Waals surface area contributed by atoms with Gasteiger partial charge in [-0.3, -0.25) is 4.79 Å². The van der Waals surface area contributed by atoms with E-state index in [1.165, 1.54) is 6.26 Å². The van der Waals surface area contributed by atoms with Gasteiger partial charge in [0.05, 0.1) is 6.04 Å². The Hall–Kier alpha value is -3.09. The van der Waals surface area contributed by atoms with Crippen molar-refractivity contribution in [1.82, 2.24) is 15.3 Å². The maximum absolute atomic E-state index is 12.3. The fraction of sp³-hybridized carbons (Fsp3) is 0.182. The van der Waals surface area contributed by atoms with Crippen molar-refractivity contribution in [3.63, 3.8) is 0 Å². The molecule has 4 aromatic rings. The highest BCUT2D eigenvalue weighted by atomic mass is 35.5. The minimum atomic E-state index is -0.442. The molecule has 4 rings (SSSR count). The minimum Gasteiger partial charge on any atom is -0.446 e. The number of halogens is 1. The summed E-state index contributed by atoms with van der Waals surface area (Å²) in [4.78, 5) is 19.8. The highest BCUT2D eigenvalue weighted by Gasteiger charge is 2.18. The Morgan fingerprint density at radius 2 is 2.10 bits per heavy atom. The molecule has 0 saturated carbocycles.